The first-order chi connectivity index (χ1) is 17.7. The van der Waals surface area contributed by atoms with E-state index in [9.17, 15) is 13.2 Å². The average molecular weight is 523 g/mol. The van der Waals surface area contributed by atoms with Crippen LogP contribution in [0.25, 0.3) is 10.9 Å². The third kappa shape index (κ3) is 7.54. The smallest absolute Gasteiger partial charge is 0.241 e. The van der Waals surface area contributed by atoms with Crippen molar-refractivity contribution in [3.05, 3.63) is 71.4 Å². The van der Waals surface area contributed by atoms with Crippen molar-refractivity contribution in [1.29, 1.82) is 0 Å². The van der Waals surface area contributed by atoms with Crippen molar-refractivity contribution in [3.63, 3.8) is 0 Å². The van der Waals surface area contributed by atoms with Crippen LogP contribution in [-0.4, -0.2) is 25.6 Å². The molecule has 1 heterocycles. The molecule has 0 radical (unpaired) electrons. The van der Waals surface area contributed by atoms with Crippen molar-refractivity contribution in [2.45, 2.75) is 71.3 Å². The van der Waals surface area contributed by atoms with Crippen LogP contribution in [-0.2, 0) is 27.8 Å². The van der Waals surface area contributed by atoms with E-state index in [1.807, 2.05) is 42.5 Å². The van der Waals surface area contributed by atoms with Gasteiger partial charge in [-0.2, -0.15) is 0 Å². The van der Waals surface area contributed by atoms with E-state index in [1.165, 1.54) is 0 Å². The lowest BCUT2D eigenvalue weighted by Gasteiger charge is -2.26. The molecular weight excluding hydrogens is 484 g/mol. The Morgan fingerprint density at radius 1 is 1.03 bits per heavy atom. The molecule has 3 aromatic rings. The number of hydrogen-bond donors (Lipinski definition) is 1. The van der Waals surface area contributed by atoms with Gasteiger partial charge in [0.25, 0.3) is 0 Å². The van der Waals surface area contributed by atoms with E-state index in [4.69, 9.17) is 9.72 Å². The minimum atomic E-state index is -3.65. The summed E-state index contributed by atoms with van der Waals surface area (Å²) in [4.78, 5) is 18.0. The maximum Gasteiger partial charge on any atom is 0.241 e. The van der Waals surface area contributed by atoms with Crippen LogP contribution in [0.15, 0.2) is 54.6 Å². The van der Waals surface area contributed by atoms with Gasteiger partial charge in [0, 0.05) is 5.39 Å². The molecule has 1 aliphatic rings. The fourth-order valence-corrected chi connectivity index (χ4v) is 5.89. The van der Waals surface area contributed by atoms with E-state index in [-0.39, 0.29) is 5.92 Å². The van der Waals surface area contributed by atoms with Gasteiger partial charge in [-0.25, -0.2) is 13.4 Å². The Kier molecular flexibility index (Phi) is 8.85. The molecule has 198 valence electrons. The van der Waals surface area contributed by atoms with Crippen molar-refractivity contribution in [1.82, 2.24) is 9.71 Å². The standard InChI is InChI=1S/C30H38N2O4S/c1-21(2)18-25-19-24(29(30(33)32-37(3,34)35)23-11-6-4-5-7-12-23)15-17-28(25)36-20-26-16-14-22-10-8-9-13-27(22)31-26/h8-10,13-17,19,21,23,29H,4-7,11-12,18,20H2,1-3H3,(H,32,33). The second-order valence-electron chi connectivity index (χ2n) is 10.7. The zero-order valence-corrected chi connectivity index (χ0v) is 22.9. The first kappa shape index (κ1) is 27.1. The Hall–Kier alpha value is -2.93. The SMILES string of the molecule is CC(C)Cc1cc(C(C(=O)NS(C)(=O)=O)C2CCCCCC2)ccc1OCc1ccc2ccccc2n1. The molecule has 0 spiro atoms. The zero-order valence-electron chi connectivity index (χ0n) is 22.1. The fraction of sp³-hybridized carbons (Fsp3) is 0.467. The van der Waals surface area contributed by atoms with Gasteiger partial charge >= 0.3 is 0 Å². The molecule has 0 bridgehead atoms. The monoisotopic (exact) mass is 522 g/mol. The molecule has 1 N–H and O–H groups in total. The lowest BCUT2D eigenvalue weighted by atomic mass is 9.80. The molecule has 0 saturated heterocycles. The first-order valence-corrected chi connectivity index (χ1v) is 15.2. The molecule has 1 aliphatic carbocycles. The van der Waals surface area contributed by atoms with Crippen LogP contribution < -0.4 is 9.46 Å². The quantitative estimate of drug-likeness (QED) is 0.341. The molecule has 1 aromatic heterocycles. The number of carbonyl (C=O) groups excluding carboxylic acids is 1. The predicted octanol–water partition coefficient (Wildman–Crippen LogP) is 6.14. The normalized spacial score (nSPS) is 15.9. The second kappa shape index (κ2) is 12.1. The molecule has 4 rings (SSSR count). The van der Waals surface area contributed by atoms with Gasteiger partial charge in [0.2, 0.25) is 15.9 Å². The van der Waals surface area contributed by atoms with Gasteiger partial charge in [-0.1, -0.05) is 75.9 Å². The summed E-state index contributed by atoms with van der Waals surface area (Å²) < 4.78 is 32.4. The van der Waals surface area contributed by atoms with Gasteiger partial charge in [-0.3, -0.25) is 9.52 Å². The van der Waals surface area contributed by atoms with Crippen LogP contribution in [0.5, 0.6) is 5.75 Å². The molecular formula is C30H38N2O4S. The van der Waals surface area contributed by atoms with Crippen LogP contribution >= 0.6 is 0 Å². The molecule has 1 amide bonds. The molecule has 0 aliphatic heterocycles. The Morgan fingerprint density at radius 2 is 1.76 bits per heavy atom. The molecule has 1 saturated carbocycles. The Bertz CT molecular complexity index is 1330. The Balaban J connectivity index is 1.63. The molecule has 1 unspecified atom stereocenters. The average Bonchev–Trinajstić information content (AvgIpc) is 3.11. The molecule has 6 nitrogen and oxygen atoms in total. The number of fused-ring (bicyclic) bond motifs is 1. The third-order valence-electron chi connectivity index (χ3n) is 7.04. The number of sulfonamides is 1. The minimum absolute atomic E-state index is 0.115. The number of ether oxygens (including phenoxy) is 1. The number of benzene rings is 2. The highest BCUT2D eigenvalue weighted by atomic mass is 32.2. The highest BCUT2D eigenvalue weighted by molar-refractivity contribution is 7.89. The summed E-state index contributed by atoms with van der Waals surface area (Å²) in [7, 11) is -3.65. The van der Waals surface area contributed by atoms with Crippen molar-refractivity contribution in [3.8, 4) is 5.75 Å². The van der Waals surface area contributed by atoms with Gasteiger partial charge in [0.05, 0.1) is 23.4 Å². The molecule has 1 fully saturated rings. The molecule has 37 heavy (non-hydrogen) atoms. The van der Waals surface area contributed by atoms with E-state index < -0.39 is 21.8 Å². The number of aromatic nitrogens is 1. The fourth-order valence-electron chi connectivity index (χ4n) is 5.40. The summed E-state index contributed by atoms with van der Waals surface area (Å²) in [6.45, 7) is 4.65. The highest BCUT2D eigenvalue weighted by Crippen LogP contribution is 2.37. The largest absolute Gasteiger partial charge is 0.487 e. The number of hydrogen-bond acceptors (Lipinski definition) is 5. The number of pyridine rings is 1. The van der Waals surface area contributed by atoms with Gasteiger partial charge < -0.3 is 4.74 Å². The molecule has 2 aromatic carbocycles. The molecule has 1 atom stereocenters. The summed E-state index contributed by atoms with van der Waals surface area (Å²) in [6.07, 6.45) is 8.12. The van der Waals surface area contributed by atoms with Crippen LogP contribution in [0, 0.1) is 11.8 Å². The van der Waals surface area contributed by atoms with Gasteiger partial charge in [0.15, 0.2) is 0 Å². The zero-order chi connectivity index (χ0) is 26.4. The van der Waals surface area contributed by atoms with E-state index in [0.29, 0.717) is 12.5 Å². The summed E-state index contributed by atoms with van der Waals surface area (Å²) in [5.41, 5.74) is 3.67. The number of rotatable bonds is 9. The predicted molar refractivity (Wildman–Crippen MR) is 148 cm³/mol. The third-order valence-corrected chi connectivity index (χ3v) is 7.62. The lowest BCUT2D eigenvalue weighted by Crippen LogP contribution is -2.37. The lowest BCUT2D eigenvalue weighted by molar-refractivity contribution is -0.122. The van der Waals surface area contributed by atoms with E-state index in [1.54, 1.807) is 0 Å². The summed E-state index contributed by atoms with van der Waals surface area (Å²) >= 11 is 0. The van der Waals surface area contributed by atoms with Crippen molar-refractivity contribution < 1.29 is 17.9 Å². The summed E-state index contributed by atoms with van der Waals surface area (Å²) in [5, 5.41) is 1.09. The number of amides is 1. The number of nitrogens with one attached hydrogen (secondary N) is 1. The van der Waals surface area contributed by atoms with Crippen LogP contribution in [0.2, 0.25) is 0 Å². The maximum atomic E-state index is 13.3. The number of carbonyl (C=O) groups is 1. The molecule has 7 heteroatoms. The minimum Gasteiger partial charge on any atom is -0.487 e. The maximum absolute atomic E-state index is 13.3. The second-order valence-corrected chi connectivity index (χ2v) is 12.5. The number of para-hydroxylation sites is 1. The van der Waals surface area contributed by atoms with Crippen LogP contribution in [0.4, 0.5) is 0 Å². The summed E-state index contributed by atoms with van der Waals surface area (Å²) in [6, 6.07) is 18.0. The van der Waals surface area contributed by atoms with Gasteiger partial charge in [-0.05, 0) is 60.4 Å². The number of nitrogens with zero attached hydrogens (tertiary/aromatic N) is 1. The van der Waals surface area contributed by atoms with Crippen molar-refractivity contribution >= 4 is 26.8 Å². The first-order valence-electron chi connectivity index (χ1n) is 13.3. The van der Waals surface area contributed by atoms with E-state index in [2.05, 4.69) is 30.7 Å². The van der Waals surface area contributed by atoms with Crippen molar-refractivity contribution in [2.75, 3.05) is 6.26 Å². The Morgan fingerprint density at radius 3 is 2.46 bits per heavy atom. The van der Waals surface area contributed by atoms with Crippen LogP contribution in [0.1, 0.15) is 75.1 Å². The topological polar surface area (TPSA) is 85.4 Å². The highest BCUT2D eigenvalue weighted by Gasteiger charge is 2.32. The van der Waals surface area contributed by atoms with Crippen molar-refractivity contribution in [2.24, 2.45) is 11.8 Å². The van der Waals surface area contributed by atoms with E-state index >= 15 is 0 Å². The van der Waals surface area contributed by atoms with E-state index in [0.717, 1.165) is 84.7 Å². The van der Waals surface area contributed by atoms with Crippen LogP contribution in [0.3, 0.4) is 0 Å². The van der Waals surface area contributed by atoms with Gasteiger partial charge in [0.1, 0.15) is 12.4 Å². The summed E-state index contributed by atoms with van der Waals surface area (Å²) in [5.74, 6) is 0.340. The Labute approximate surface area is 220 Å². The van der Waals surface area contributed by atoms with Gasteiger partial charge in [-0.15, -0.1) is 0 Å².